The van der Waals surface area contributed by atoms with Gasteiger partial charge in [0, 0.05) is 0 Å². The number of rotatable bonds is 4. The minimum Gasteiger partial charge on any atom is -0.479 e. The number of hydrogen-bond donors (Lipinski definition) is 5. The maximum absolute atomic E-state index is 10.4. The molecule has 1 fully saturated rings. The zero-order valence-electron chi connectivity index (χ0n) is 6.69. The van der Waals surface area contributed by atoms with E-state index >= 15 is 0 Å². The number of epoxide rings is 1. The molecule has 1 aliphatic heterocycles. The number of aliphatic carboxylic acids is 1. The summed E-state index contributed by atoms with van der Waals surface area (Å²) >= 11 is 0. The van der Waals surface area contributed by atoms with Gasteiger partial charge in [-0.15, -0.1) is 0 Å². The van der Waals surface area contributed by atoms with Gasteiger partial charge in [0.05, 0.1) is 0 Å². The second-order valence-electron chi connectivity index (χ2n) is 2.80. The number of aliphatic hydroxyl groups is 4. The molecule has 0 aliphatic carbocycles. The minimum atomic E-state index is -2.60. The van der Waals surface area contributed by atoms with Crippen molar-refractivity contribution in [1.29, 1.82) is 0 Å². The first-order valence-corrected chi connectivity index (χ1v) is 3.53. The molecule has 0 bridgehead atoms. The maximum Gasteiger partial charge on any atom is 0.385 e. The van der Waals surface area contributed by atoms with Crippen LogP contribution in [0.2, 0.25) is 0 Å². The van der Waals surface area contributed by atoms with Gasteiger partial charge < -0.3 is 30.3 Å². The molecule has 1 rings (SSSR count). The Labute approximate surface area is 77.0 Å². The molecule has 0 aromatic rings. The molecule has 0 amide bonds. The molecule has 1 aliphatic rings. The zero-order chi connectivity index (χ0) is 11.1. The van der Waals surface area contributed by atoms with Crippen LogP contribution in [0.1, 0.15) is 0 Å². The lowest BCUT2D eigenvalue weighted by atomic mass is 10.0. The number of aliphatic hydroxyl groups excluding tert-OH is 3. The maximum atomic E-state index is 10.4. The molecule has 1 saturated heterocycles. The molecule has 0 spiro atoms. The normalized spacial score (nSPS) is 31.6. The minimum absolute atomic E-state index is 1.19. The molecule has 8 nitrogen and oxygen atoms in total. The zero-order valence-corrected chi connectivity index (χ0v) is 6.69. The molecule has 0 unspecified atom stereocenters. The molecule has 0 radical (unpaired) electrons. The highest BCUT2D eigenvalue weighted by atomic mass is 16.8. The van der Waals surface area contributed by atoms with Crippen LogP contribution in [-0.2, 0) is 14.3 Å². The van der Waals surface area contributed by atoms with Crippen molar-refractivity contribution in [1.82, 2.24) is 0 Å². The van der Waals surface area contributed by atoms with Crippen LogP contribution < -0.4 is 0 Å². The first-order valence-electron chi connectivity index (χ1n) is 3.53. The van der Waals surface area contributed by atoms with Crippen molar-refractivity contribution in [3.8, 4) is 0 Å². The van der Waals surface area contributed by atoms with Gasteiger partial charge >= 0.3 is 17.7 Å². The lowest BCUT2D eigenvalue weighted by Crippen LogP contribution is -2.49. The van der Waals surface area contributed by atoms with E-state index in [4.69, 9.17) is 25.5 Å². The predicted molar refractivity (Wildman–Crippen MR) is 36.7 cm³/mol. The fourth-order valence-corrected chi connectivity index (χ4v) is 0.847. The molecule has 14 heavy (non-hydrogen) atoms. The quantitative estimate of drug-likeness (QED) is 0.297. The first kappa shape index (κ1) is 10.9. The van der Waals surface area contributed by atoms with E-state index in [2.05, 4.69) is 4.74 Å². The fourth-order valence-electron chi connectivity index (χ4n) is 0.847. The predicted octanol–water partition coefficient (Wildman–Crippen LogP) is -3.60. The summed E-state index contributed by atoms with van der Waals surface area (Å²) in [5, 5.41) is 44.0. The third-order valence-electron chi connectivity index (χ3n) is 1.80. The average molecular weight is 208 g/mol. The Morgan fingerprint density at radius 3 is 2.07 bits per heavy atom. The Morgan fingerprint density at radius 1 is 1.36 bits per heavy atom. The van der Waals surface area contributed by atoms with E-state index in [-0.39, 0.29) is 0 Å². The summed E-state index contributed by atoms with van der Waals surface area (Å²) in [5.41, 5.74) is 0. The molecule has 0 aromatic carbocycles. The molecule has 4 atom stereocenters. The summed E-state index contributed by atoms with van der Waals surface area (Å²) in [7, 11) is 0. The Morgan fingerprint density at radius 2 is 1.79 bits per heavy atom. The molecule has 8 heteroatoms. The summed E-state index contributed by atoms with van der Waals surface area (Å²) < 4.78 is 3.92. The van der Waals surface area contributed by atoms with E-state index in [1.54, 1.807) is 0 Å². The van der Waals surface area contributed by atoms with Crippen molar-refractivity contribution < 1.29 is 39.9 Å². The summed E-state index contributed by atoms with van der Waals surface area (Å²) in [6.45, 7) is 0. The van der Waals surface area contributed by atoms with E-state index in [1.807, 2.05) is 0 Å². The van der Waals surface area contributed by atoms with Crippen molar-refractivity contribution in [2.75, 3.05) is 0 Å². The Hall–Kier alpha value is -1.22. The second kappa shape index (κ2) is 3.17. The molecule has 1 heterocycles. The highest BCUT2D eigenvalue weighted by Crippen LogP contribution is 2.31. The number of carbonyl (C=O) groups is 2. The van der Waals surface area contributed by atoms with E-state index < -0.39 is 36.0 Å². The van der Waals surface area contributed by atoms with Gasteiger partial charge in [0.1, 0.15) is 6.10 Å². The van der Waals surface area contributed by atoms with Crippen LogP contribution in [0.4, 0.5) is 0 Å². The lowest BCUT2D eigenvalue weighted by molar-refractivity contribution is -0.173. The van der Waals surface area contributed by atoms with E-state index in [0.29, 0.717) is 0 Å². The van der Waals surface area contributed by atoms with Crippen LogP contribution >= 0.6 is 0 Å². The second-order valence-corrected chi connectivity index (χ2v) is 2.80. The molecular weight excluding hydrogens is 200 g/mol. The number of ether oxygens (including phenoxy) is 1. The van der Waals surface area contributed by atoms with Crippen molar-refractivity contribution >= 4 is 11.9 Å². The Kier molecular flexibility index (Phi) is 2.46. The first-order chi connectivity index (χ1) is 6.30. The van der Waals surface area contributed by atoms with Crippen LogP contribution in [0.5, 0.6) is 0 Å². The van der Waals surface area contributed by atoms with E-state index in [9.17, 15) is 9.59 Å². The van der Waals surface area contributed by atoms with E-state index in [1.165, 1.54) is 0 Å². The van der Waals surface area contributed by atoms with Gasteiger partial charge in [0.25, 0.3) is 0 Å². The van der Waals surface area contributed by atoms with Gasteiger partial charge in [-0.1, -0.05) is 0 Å². The Bertz CT molecular complexity index is 275. The SMILES string of the molecule is O=C(O)[C@@H](O)[C@@H](O)[C@H](O)[C@]1(O)OC1=O. The van der Waals surface area contributed by atoms with Crippen LogP contribution in [0.3, 0.4) is 0 Å². The van der Waals surface area contributed by atoms with Gasteiger partial charge in [-0.25, -0.2) is 9.59 Å². The number of hydrogen-bond acceptors (Lipinski definition) is 7. The number of cyclic esters (lactones) is 1. The molecule has 0 saturated carbocycles. The van der Waals surface area contributed by atoms with Gasteiger partial charge in [0.2, 0.25) is 0 Å². The van der Waals surface area contributed by atoms with Crippen LogP contribution in [0, 0.1) is 0 Å². The van der Waals surface area contributed by atoms with Crippen LogP contribution in [0.15, 0.2) is 0 Å². The van der Waals surface area contributed by atoms with Crippen LogP contribution in [-0.4, -0.2) is 61.6 Å². The number of carbonyl (C=O) groups excluding carboxylic acids is 1. The van der Waals surface area contributed by atoms with Gasteiger partial charge in [-0.05, 0) is 0 Å². The van der Waals surface area contributed by atoms with Crippen molar-refractivity contribution in [3.63, 3.8) is 0 Å². The topological polar surface area (TPSA) is 148 Å². The third-order valence-corrected chi connectivity index (χ3v) is 1.80. The summed E-state index contributed by atoms with van der Waals surface area (Å²) in [6, 6.07) is 0. The molecule has 80 valence electrons. The highest BCUT2D eigenvalue weighted by molar-refractivity contribution is 5.91. The summed E-state index contributed by atoms with van der Waals surface area (Å²) in [4.78, 5) is 20.5. The van der Waals surface area contributed by atoms with Gasteiger partial charge in [0.15, 0.2) is 12.2 Å². The third kappa shape index (κ3) is 1.55. The highest BCUT2D eigenvalue weighted by Gasteiger charge is 2.66. The lowest BCUT2D eigenvalue weighted by Gasteiger charge is -2.19. The molecular formula is C6H8O8. The summed E-state index contributed by atoms with van der Waals surface area (Å²) in [5.74, 6) is -5.59. The van der Waals surface area contributed by atoms with Gasteiger partial charge in [-0.3, -0.25) is 0 Å². The number of carboxylic acids is 1. The van der Waals surface area contributed by atoms with Crippen LogP contribution in [0.25, 0.3) is 0 Å². The van der Waals surface area contributed by atoms with Crippen molar-refractivity contribution in [3.05, 3.63) is 0 Å². The monoisotopic (exact) mass is 208 g/mol. The Balaban J connectivity index is 2.66. The largest absolute Gasteiger partial charge is 0.479 e. The smallest absolute Gasteiger partial charge is 0.385 e. The fraction of sp³-hybridized carbons (Fsp3) is 0.667. The number of carboxylic acid groups (broad SMARTS) is 1. The standard InChI is InChI=1S/C6H8O8/c7-1(2(8)4(10)11)3(9)6(13)5(12)14-6/h1-3,7-9,13H,(H,10,11)/t1-,2+,3+,6+/m1/s1. The van der Waals surface area contributed by atoms with E-state index in [0.717, 1.165) is 0 Å². The average Bonchev–Trinajstić information content (AvgIpc) is 2.72. The van der Waals surface area contributed by atoms with Crippen molar-refractivity contribution in [2.24, 2.45) is 0 Å². The summed E-state index contributed by atoms with van der Waals surface area (Å²) in [6.07, 6.45) is -6.74. The molecule has 0 aromatic heterocycles. The van der Waals surface area contributed by atoms with Crippen molar-refractivity contribution in [2.45, 2.75) is 24.1 Å². The molecule has 5 N–H and O–H groups in total. The van der Waals surface area contributed by atoms with Gasteiger partial charge in [-0.2, -0.15) is 0 Å².